The molecule has 1 N–H and O–H groups in total. The van der Waals surface area contributed by atoms with Crippen LogP contribution in [0.1, 0.15) is 0 Å². The average Bonchev–Trinajstić information content (AvgIpc) is 2.89. The Morgan fingerprint density at radius 3 is 2.79 bits per heavy atom. The summed E-state index contributed by atoms with van der Waals surface area (Å²) in [5.74, 6) is 0.845. The Morgan fingerprint density at radius 2 is 2.00 bits per heavy atom. The average molecular weight is 318 g/mol. The molecule has 19 heavy (non-hydrogen) atoms. The van der Waals surface area contributed by atoms with Gasteiger partial charge in [-0.1, -0.05) is 33.2 Å². The SMILES string of the molecule is Oc1cncc(-c2nc(-c3ccccc3Br)no2)c1. The highest BCUT2D eigenvalue weighted by Crippen LogP contribution is 2.28. The first-order valence-electron chi connectivity index (χ1n) is 5.47. The minimum Gasteiger partial charge on any atom is -0.506 e. The number of rotatable bonds is 2. The van der Waals surface area contributed by atoms with E-state index < -0.39 is 0 Å². The second-order valence-corrected chi connectivity index (χ2v) is 4.69. The number of nitrogens with zero attached hydrogens (tertiary/aromatic N) is 3. The second-order valence-electron chi connectivity index (χ2n) is 3.83. The molecule has 2 heterocycles. The van der Waals surface area contributed by atoms with E-state index in [1.165, 1.54) is 12.3 Å². The molecule has 0 aliphatic heterocycles. The van der Waals surface area contributed by atoms with Gasteiger partial charge in [0.25, 0.3) is 5.89 Å². The zero-order valence-electron chi connectivity index (χ0n) is 9.62. The second kappa shape index (κ2) is 4.81. The monoisotopic (exact) mass is 317 g/mol. The van der Waals surface area contributed by atoms with Gasteiger partial charge in [0.05, 0.1) is 11.8 Å². The molecule has 0 spiro atoms. The van der Waals surface area contributed by atoms with Crippen molar-refractivity contribution in [2.75, 3.05) is 0 Å². The standard InChI is InChI=1S/C13H8BrN3O2/c14-11-4-2-1-3-10(11)12-16-13(19-17-12)8-5-9(18)7-15-6-8/h1-7,18H. The molecule has 0 atom stereocenters. The molecular formula is C13H8BrN3O2. The summed E-state index contributed by atoms with van der Waals surface area (Å²) in [5, 5.41) is 13.3. The summed E-state index contributed by atoms with van der Waals surface area (Å²) >= 11 is 3.44. The third-order valence-corrected chi connectivity index (χ3v) is 3.20. The summed E-state index contributed by atoms with van der Waals surface area (Å²) in [6.07, 6.45) is 2.89. The summed E-state index contributed by atoms with van der Waals surface area (Å²) in [7, 11) is 0. The molecule has 3 aromatic rings. The van der Waals surface area contributed by atoms with Gasteiger partial charge in [-0.05, 0) is 18.2 Å². The van der Waals surface area contributed by atoms with Crippen LogP contribution in [0.2, 0.25) is 0 Å². The van der Waals surface area contributed by atoms with Crippen LogP contribution in [-0.2, 0) is 0 Å². The zero-order valence-corrected chi connectivity index (χ0v) is 11.2. The van der Waals surface area contributed by atoms with Crippen molar-refractivity contribution in [2.24, 2.45) is 0 Å². The van der Waals surface area contributed by atoms with E-state index in [1.807, 2.05) is 24.3 Å². The van der Waals surface area contributed by atoms with Crippen LogP contribution in [0.4, 0.5) is 0 Å². The lowest BCUT2D eigenvalue weighted by molar-refractivity contribution is 0.431. The molecule has 0 unspecified atom stereocenters. The summed E-state index contributed by atoms with van der Waals surface area (Å²) in [6, 6.07) is 9.12. The third kappa shape index (κ3) is 2.34. The number of aromatic nitrogens is 3. The van der Waals surface area contributed by atoms with E-state index >= 15 is 0 Å². The van der Waals surface area contributed by atoms with Crippen molar-refractivity contribution in [3.05, 3.63) is 47.2 Å². The Morgan fingerprint density at radius 1 is 1.16 bits per heavy atom. The molecule has 1 aromatic carbocycles. The van der Waals surface area contributed by atoms with Crippen molar-refractivity contribution < 1.29 is 9.63 Å². The van der Waals surface area contributed by atoms with Crippen molar-refractivity contribution in [1.82, 2.24) is 15.1 Å². The van der Waals surface area contributed by atoms with Crippen LogP contribution < -0.4 is 0 Å². The van der Waals surface area contributed by atoms with Crippen LogP contribution in [0.3, 0.4) is 0 Å². The highest BCUT2D eigenvalue weighted by Gasteiger charge is 2.13. The smallest absolute Gasteiger partial charge is 0.259 e. The zero-order chi connectivity index (χ0) is 13.2. The number of pyridine rings is 1. The highest BCUT2D eigenvalue weighted by molar-refractivity contribution is 9.10. The largest absolute Gasteiger partial charge is 0.506 e. The Balaban J connectivity index is 2.03. The van der Waals surface area contributed by atoms with Crippen molar-refractivity contribution in [3.8, 4) is 28.6 Å². The van der Waals surface area contributed by atoms with E-state index in [1.54, 1.807) is 6.20 Å². The normalized spacial score (nSPS) is 10.6. The maximum Gasteiger partial charge on any atom is 0.259 e. The number of hydrogen-bond donors (Lipinski definition) is 1. The van der Waals surface area contributed by atoms with Crippen molar-refractivity contribution in [3.63, 3.8) is 0 Å². The fourth-order valence-corrected chi connectivity index (χ4v) is 2.10. The number of hydrogen-bond acceptors (Lipinski definition) is 5. The van der Waals surface area contributed by atoms with E-state index in [4.69, 9.17) is 4.52 Å². The topological polar surface area (TPSA) is 72.0 Å². The highest BCUT2D eigenvalue weighted by atomic mass is 79.9. The predicted molar refractivity (Wildman–Crippen MR) is 72.3 cm³/mol. The van der Waals surface area contributed by atoms with Gasteiger partial charge < -0.3 is 9.63 Å². The van der Waals surface area contributed by atoms with E-state index in [-0.39, 0.29) is 5.75 Å². The molecule has 0 saturated carbocycles. The van der Waals surface area contributed by atoms with Gasteiger partial charge in [-0.15, -0.1) is 0 Å². The van der Waals surface area contributed by atoms with Crippen LogP contribution in [0.15, 0.2) is 51.7 Å². The van der Waals surface area contributed by atoms with Gasteiger partial charge in [0.1, 0.15) is 5.75 Å². The third-order valence-electron chi connectivity index (χ3n) is 2.51. The number of aromatic hydroxyl groups is 1. The lowest BCUT2D eigenvalue weighted by atomic mass is 10.2. The van der Waals surface area contributed by atoms with E-state index in [9.17, 15) is 5.11 Å². The molecule has 0 aliphatic rings. The summed E-state index contributed by atoms with van der Waals surface area (Å²) < 4.78 is 6.07. The lowest BCUT2D eigenvalue weighted by Gasteiger charge is -1.96. The van der Waals surface area contributed by atoms with Gasteiger partial charge >= 0.3 is 0 Å². The van der Waals surface area contributed by atoms with Gasteiger partial charge in [0.2, 0.25) is 5.82 Å². The van der Waals surface area contributed by atoms with Crippen molar-refractivity contribution in [2.45, 2.75) is 0 Å². The first kappa shape index (κ1) is 11.9. The van der Waals surface area contributed by atoms with Gasteiger partial charge in [0.15, 0.2) is 0 Å². The molecule has 0 amide bonds. The molecular weight excluding hydrogens is 310 g/mol. The van der Waals surface area contributed by atoms with Crippen LogP contribution >= 0.6 is 15.9 Å². The lowest BCUT2D eigenvalue weighted by Crippen LogP contribution is -1.83. The Labute approximate surface area is 117 Å². The molecule has 5 nitrogen and oxygen atoms in total. The fourth-order valence-electron chi connectivity index (χ4n) is 1.64. The first-order chi connectivity index (χ1) is 9.24. The minimum absolute atomic E-state index is 0.0538. The van der Waals surface area contributed by atoms with Crippen molar-refractivity contribution >= 4 is 15.9 Å². The Kier molecular flexibility index (Phi) is 3.00. The van der Waals surface area contributed by atoms with Crippen LogP contribution in [0.5, 0.6) is 5.75 Å². The molecule has 0 aliphatic carbocycles. The quantitative estimate of drug-likeness (QED) is 0.785. The van der Waals surface area contributed by atoms with Crippen LogP contribution in [0.25, 0.3) is 22.8 Å². The van der Waals surface area contributed by atoms with Gasteiger partial charge in [0, 0.05) is 16.2 Å². The van der Waals surface area contributed by atoms with Crippen molar-refractivity contribution in [1.29, 1.82) is 0 Å². The Hall–Kier alpha value is -2.21. The van der Waals surface area contributed by atoms with E-state index in [0.29, 0.717) is 17.3 Å². The summed E-state index contributed by atoms with van der Waals surface area (Å²) in [5.41, 5.74) is 1.41. The van der Waals surface area contributed by atoms with Gasteiger partial charge in [-0.3, -0.25) is 4.98 Å². The van der Waals surface area contributed by atoms with Crippen LogP contribution in [-0.4, -0.2) is 20.2 Å². The summed E-state index contributed by atoms with van der Waals surface area (Å²) in [4.78, 5) is 8.17. The van der Waals surface area contributed by atoms with E-state index in [0.717, 1.165) is 10.0 Å². The molecule has 0 bridgehead atoms. The first-order valence-corrected chi connectivity index (χ1v) is 6.26. The molecule has 3 rings (SSSR count). The summed E-state index contributed by atoms with van der Waals surface area (Å²) in [6.45, 7) is 0. The molecule has 0 fully saturated rings. The molecule has 0 radical (unpaired) electrons. The number of benzene rings is 1. The molecule has 94 valence electrons. The van der Waals surface area contributed by atoms with Gasteiger partial charge in [-0.2, -0.15) is 4.98 Å². The predicted octanol–water partition coefficient (Wildman–Crippen LogP) is 3.27. The minimum atomic E-state index is 0.0538. The van der Waals surface area contributed by atoms with E-state index in [2.05, 4.69) is 31.1 Å². The maximum atomic E-state index is 9.38. The number of halogens is 1. The maximum absolute atomic E-state index is 9.38. The fraction of sp³-hybridized carbons (Fsp3) is 0. The van der Waals surface area contributed by atoms with Gasteiger partial charge in [-0.25, -0.2) is 0 Å². The molecule has 2 aromatic heterocycles. The molecule has 6 heteroatoms. The van der Waals surface area contributed by atoms with Crippen LogP contribution in [0, 0.1) is 0 Å². The Bertz CT molecular complexity index is 727. The molecule has 0 saturated heterocycles.